The molecule has 0 saturated carbocycles. The molecule has 0 atom stereocenters. The van der Waals surface area contributed by atoms with Crippen molar-refractivity contribution >= 4 is 75.7 Å². The van der Waals surface area contributed by atoms with Crippen molar-refractivity contribution in [2.75, 3.05) is 12.0 Å². The van der Waals surface area contributed by atoms with E-state index in [1.54, 1.807) is 36.4 Å². The zero-order chi connectivity index (χ0) is 19.7. The van der Waals surface area contributed by atoms with Crippen LogP contribution in [0.25, 0.3) is 6.08 Å². The molecule has 1 N–H and O–H groups in total. The molecule has 0 radical (unpaired) electrons. The van der Waals surface area contributed by atoms with Gasteiger partial charge in [-0.15, -0.1) is 0 Å². The molecule has 0 aliphatic carbocycles. The molecule has 1 heterocycles. The Morgan fingerprint density at radius 1 is 1.11 bits per heavy atom. The maximum Gasteiger partial charge on any atom is 0.270 e. The third-order valence-corrected chi connectivity index (χ3v) is 5.15. The van der Waals surface area contributed by atoms with Gasteiger partial charge in [0.25, 0.3) is 11.8 Å². The summed E-state index contributed by atoms with van der Waals surface area (Å²) in [6, 6.07) is 9.68. The first kappa shape index (κ1) is 19.6. The van der Waals surface area contributed by atoms with E-state index in [-0.39, 0.29) is 26.4 Å². The van der Waals surface area contributed by atoms with E-state index in [0.717, 1.165) is 4.90 Å². The summed E-state index contributed by atoms with van der Waals surface area (Å²) in [7, 11) is 1.49. The Bertz CT molecular complexity index is 1010. The number of hydrogen-bond donors (Lipinski definition) is 1. The summed E-state index contributed by atoms with van der Waals surface area (Å²) < 4.78 is 5.09. The maximum absolute atomic E-state index is 13.0. The highest BCUT2D eigenvalue weighted by Gasteiger charge is 2.35. The van der Waals surface area contributed by atoms with E-state index in [1.165, 1.54) is 13.2 Å². The largest absolute Gasteiger partial charge is 0.495 e. The number of anilines is 1. The lowest BCUT2D eigenvalue weighted by atomic mass is 10.1. The second-order valence-corrected chi connectivity index (χ2v) is 7.00. The Hall–Kier alpha value is -2.12. The van der Waals surface area contributed by atoms with E-state index in [9.17, 15) is 9.59 Å². The van der Waals surface area contributed by atoms with Gasteiger partial charge >= 0.3 is 0 Å². The number of thiocarbonyl (C=S) groups is 1. The quantitative estimate of drug-likeness (QED) is 0.433. The van der Waals surface area contributed by atoms with Gasteiger partial charge in [0.2, 0.25) is 0 Å². The van der Waals surface area contributed by atoms with Gasteiger partial charge in [-0.1, -0.05) is 46.9 Å². The molecule has 138 valence electrons. The number of carbonyl (C=O) groups is 2. The fraction of sp³-hybridized carbons (Fsp3) is 0.0556. The Morgan fingerprint density at radius 3 is 2.52 bits per heavy atom. The second kappa shape index (κ2) is 7.86. The molecule has 0 aromatic heterocycles. The van der Waals surface area contributed by atoms with Crippen molar-refractivity contribution in [3.8, 4) is 5.75 Å². The van der Waals surface area contributed by atoms with E-state index >= 15 is 0 Å². The first-order valence-electron chi connectivity index (χ1n) is 7.52. The number of ether oxygens (including phenoxy) is 1. The average molecular weight is 442 g/mol. The lowest BCUT2D eigenvalue weighted by Gasteiger charge is -2.29. The summed E-state index contributed by atoms with van der Waals surface area (Å²) in [4.78, 5) is 26.4. The van der Waals surface area contributed by atoms with Gasteiger partial charge in [-0.3, -0.25) is 19.8 Å². The van der Waals surface area contributed by atoms with Gasteiger partial charge in [0.15, 0.2) is 5.11 Å². The van der Waals surface area contributed by atoms with Gasteiger partial charge in [-0.2, -0.15) is 0 Å². The van der Waals surface area contributed by atoms with E-state index in [2.05, 4.69) is 5.32 Å². The Morgan fingerprint density at radius 2 is 1.85 bits per heavy atom. The van der Waals surface area contributed by atoms with E-state index in [0.29, 0.717) is 16.3 Å². The van der Waals surface area contributed by atoms with E-state index in [4.69, 9.17) is 51.8 Å². The molecule has 1 fully saturated rings. The fourth-order valence-electron chi connectivity index (χ4n) is 2.48. The number of halogens is 3. The van der Waals surface area contributed by atoms with Crippen LogP contribution in [0, 0.1) is 0 Å². The SMILES string of the molecule is COc1ccc(C=C2C(=O)NC(=S)N(c3cccc(Cl)c3Cl)C2=O)cc1Cl. The number of nitrogens with one attached hydrogen (secondary N) is 1. The smallest absolute Gasteiger partial charge is 0.270 e. The first-order chi connectivity index (χ1) is 12.8. The third kappa shape index (κ3) is 3.80. The van der Waals surface area contributed by atoms with Gasteiger partial charge in [0, 0.05) is 0 Å². The van der Waals surface area contributed by atoms with Crippen molar-refractivity contribution < 1.29 is 14.3 Å². The minimum atomic E-state index is -0.625. The van der Waals surface area contributed by atoms with Gasteiger partial charge in [-0.05, 0) is 48.1 Å². The van der Waals surface area contributed by atoms with Crippen molar-refractivity contribution in [1.82, 2.24) is 5.32 Å². The van der Waals surface area contributed by atoms with Crippen LogP contribution in [0.5, 0.6) is 5.75 Å². The number of methoxy groups -OCH3 is 1. The van der Waals surface area contributed by atoms with Crippen LogP contribution in [-0.4, -0.2) is 24.0 Å². The zero-order valence-electron chi connectivity index (χ0n) is 13.8. The van der Waals surface area contributed by atoms with Crippen molar-refractivity contribution in [2.45, 2.75) is 0 Å². The zero-order valence-corrected chi connectivity index (χ0v) is 16.8. The molecule has 0 spiro atoms. The first-order valence-corrected chi connectivity index (χ1v) is 9.06. The van der Waals surface area contributed by atoms with Crippen molar-refractivity contribution in [3.05, 3.63) is 62.6 Å². The molecular weight excluding hydrogens is 431 g/mol. The summed E-state index contributed by atoms with van der Waals surface area (Å²) >= 11 is 23.5. The molecule has 0 unspecified atom stereocenters. The van der Waals surface area contributed by atoms with Crippen LogP contribution < -0.4 is 15.0 Å². The Kier molecular flexibility index (Phi) is 5.72. The lowest BCUT2D eigenvalue weighted by Crippen LogP contribution is -2.54. The predicted octanol–water partition coefficient (Wildman–Crippen LogP) is 4.49. The van der Waals surface area contributed by atoms with Crippen LogP contribution in [0.1, 0.15) is 5.56 Å². The summed E-state index contributed by atoms with van der Waals surface area (Å²) in [5.74, 6) is -0.766. The standard InChI is InChI=1S/C18H11Cl3N2O3S/c1-26-14-6-5-9(8-12(14)20)7-10-16(24)22-18(27)23(17(10)25)13-4-2-3-11(19)15(13)21/h2-8H,1H3,(H,22,24,27). The molecule has 3 rings (SSSR count). The Balaban J connectivity index is 2.05. The van der Waals surface area contributed by atoms with Crippen molar-refractivity contribution in [2.24, 2.45) is 0 Å². The van der Waals surface area contributed by atoms with Crippen LogP contribution in [0.3, 0.4) is 0 Å². The van der Waals surface area contributed by atoms with E-state index < -0.39 is 11.8 Å². The van der Waals surface area contributed by atoms with Crippen LogP contribution in [0.4, 0.5) is 5.69 Å². The van der Waals surface area contributed by atoms with Crippen LogP contribution in [0.2, 0.25) is 15.1 Å². The predicted molar refractivity (Wildman–Crippen MR) is 111 cm³/mol. The van der Waals surface area contributed by atoms with Crippen molar-refractivity contribution in [1.29, 1.82) is 0 Å². The fourth-order valence-corrected chi connectivity index (χ4v) is 3.40. The molecule has 2 aromatic rings. The molecule has 2 amide bonds. The minimum Gasteiger partial charge on any atom is -0.495 e. The molecular formula is C18H11Cl3N2O3S. The number of benzene rings is 2. The van der Waals surface area contributed by atoms with Crippen molar-refractivity contribution in [3.63, 3.8) is 0 Å². The molecule has 9 heteroatoms. The normalized spacial score (nSPS) is 15.9. The molecule has 0 bridgehead atoms. The summed E-state index contributed by atoms with van der Waals surface area (Å²) in [6.45, 7) is 0. The topological polar surface area (TPSA) is 58.6 Å². The number of amides is 2. The van der Waals surface area contributed by atoms with Crippen LogP contribution >= 0.6 is 47.0 Å². The van der Waals surface area contributed by atoms with Gasteiger partial charge in [-0.25, -0.2) is 0 Å². The third-order valence-electron chi connectivity index (χ3n) is 3.76. The number of carbonyl (C=O) groups excluding carboxylic acids is 2. The number of nitrogens with zero attached hydrogens (tertiary/aromatic N) is 1. The van der Waals surface area contributed by atoms with E-state index in [1.807, 2.05) is 0 Å². The highest BCUT2D eigenvalue weighted by molar-refractivity contribution is 7.80. The highest BCUT2D eigenvalue weighted by atomic mass is 35.5. The van der Waals surface area contributed by atoms with Crippen LogP contribution in [0.15, 0.2) is 42.0 Å². The molecule has 1 saturated heterocycles. The van der Waals surface area contributed by atoms with Gasteiger partial charge in [0.1, 0.15) is 11.3 Å². The summed E-state index contributed by atoms with van der Waals surface area (Å²) in [6.07, 6.45) is 1.41. The lowest BCUT2D eigenvalue weighted by molar-refractivity contribution is -0.122. The summed E-state index contributed by atoms with van der Waals surface area (Å²) in [5, 5.41) is 3.16. The minimum absolute atomic E-state index is 0.0842. The molecule has 2 aromatic carbocycles. The maximum atomic E-state index is 13.0. The molecule has 1 aliphatic heterocycles. The molecule has 5 nitrogen and oxygen atoms in total. The second-order valence-electron chi connectivity index (χ2n) is 5.42. The van der Waals surface area contributed by atoms with Crippen LogP contribution in [-0.2, 0) is 9.59 Å². The highest BCUT2D eigenvalue weighted by Crippen LogP contribution is 2.34. The van der Waals surface area contributed by atoms with Gasteiger partial charge < -0.3 is 4.74 Å². The number of rotatable bonds is 3. The monoisotopic (exact) mass is 440 g/mol. The average Bonchev–Trinajstić information content (AvgIpc) is 2.62. The Labute approximate surface area is 175 Å². The summed E-state index contributed by atoms with van der Waals surface area (Å²) in [5.41, 5.74) is 0.697. The molecule has 1 aliphatic rings. The van der Waals surface area contributed by atoms with Gasteiger partial charge in [0.05, 0.1) is 27.9 Å². The number of hydrogen-bond acceptors (Lipinski definition) is 4. The molecule has 27 heavy (non-hydrogen) atoms.